The lowest BCUT2D eigenvalue weighted by Gasteiger charge is -2.15. The molecule has 1 heterocycles. The lowest BCUT2D eigenvalue weighted by atomic mass is 10.2. The lowest BCUT2D eigenvalue weighted by Crippen LogP contribution is -2.14. The van der Waals surface area contributed by atoms with Crippen molar-refractivity contribution in [2.45, 2.75) is 38.6 Å². The highest BCUT2D eigenvalue weighted by molar-refractivity contribution is 5.29. The molecule has 1 N–H and O–H groups in total. The number of nitrogens with zero attached hydrogens (tertiary/aromatic N) is 2. The minimum absolute atomic E-state index is 0.645. The van der Waals surface area contributed by atoms with Crippen molar-refractivity contribution in [1.29, 1.82) is 0 Å². The number of hydrogen-bond acceptors (Lipinski definition) is 3. The molecule has 0 amide bonds. The second-order valence-corrected chi connectivity index (χ2v) is 4.47. The van der Waals surface area contributed by atoms with Crippen LogP contribution in [0, 0.1) is 6.92 Å². The molecule has 1 aromatic heterocycles. The van der Waals surface area contributed by atoms with Gasteiger partial charge in [0.25, 0.3) is 0 Å². The van der Waals surface area contributed by atoms with Crippen LogP contribution < -0.4 is 5.32 Å². The first kappa shape index (κ1) is 11.5. The zero-order valence-electron chi connectivity index (χ0n) is 10.2. The Balaban J connectivity index is 2.04. The number of aromatic nitrogens is 2. The highest BCUT2D eigenvalue weighted by atomic mass is 16.5. The molecule has 2 rings (SSSR count). The number of anilines is 1. The average molecular weight is 223 g/mol. The van der Waals surface area contributed by atoms with Crippen LogP contribution >= 0.6 is 0 Å². The summed E-state index contributed by atoms with van der Waals surface area (Å²) in [6, 6.07) is 0.645. The molecule has 0 aromatic carbocycles. The minimum atomic E-state index is 0.645. The Hall–Kier alpha value is -1.03. The van der Waals surface area contributed by atoms with E-state index >= 15 is 0 Å². The maximum absolute atomic E-state index is 5.04. The number of methoxy groups -OCH3 is 1. The van der Waals surface area contributed by atoms with E-state index in [1.807, 2.05) is 6.92 Å². The molecule has 16 heavy (non-hydrogen) atoms. The number of aryl methyl sites for hydroxylation is 1. The molecule has 1 aromatic rings. The maximum atomic E-state index is 5.04. The van der Waals surface area contributed by atoms with Crippen LogP contribution in [0.3, 0.4) is 0 Å². The Morgan fingerprint density at radius 3 is 2.94 bits per heavy atom. The summed E-state index contributed by atoms with van der Waals surface area (Å²) >= 11 is 0. The van der Waals surface area contributed by atoms with Gasteiger partial charge in [-0.2, -0.15) is 0 Å². The van der Waals surface area contributed by atoms with E-state index in [1.165, 1.54) is 25.7 Å². The first-order valence-electron chi connectivity index (χ1n) is 6.09. The topological polar surface area (TPSA) is 39.1 Å². The summed E-state index contributed by atoms with van der Waals surface area (Å²) in [5.41, 5.74) is 1.09. The predicted octanol–water partition coefficient (Wildman–Crippen LogP) is 2.36. The first-order valence-corrected chi connectivity index (χ1v) is 6.09. The van der Waals surface area contributed by atoms with Gasteiger partial charge in [-0.3, -0.25) is 0 Å². The summed E-state index contributed by atoms with van der Waals surface area (Å²) in [5.74, 6) is 1.00. The number of rotatable bonds is 5. The molecule has 4 nitrogen and oxygen atoms in total. The zero-order valence-corrected chi connectivity index (χ0v) is 10.2. The monoisotopic (exact) mass is 223 g/mol. The molecule has 90 valence electrons. The Kier molecular flexibility index (Phi) is 3.83. The van der Waals surface area contributed by atoms with Crippen LogP contribution in [0.25, 0.3) is 0 Å². The van der Waals surface area contributed by atoms with Gasteiger partial charge in [-0.25, -0.2) is 4.98 Å². The van der Waals surface area contributed by atoms with Crippen molar-refractivity contribution in [2.75, 3.05) is 25.6 Å². The van der Waals surface area contributed by atoms with Gasteiger partial charge in [0.15, 0.2) is 0 Å². The van der Waals surface area contributed by atoms with Crippen LogP contribution in [0.15, 0.2) is 6.20 Å². The molecule has 1 fully saturated rings. The van der Waals surface area contributed by atoms with E-state index < -0.39 is 0 Å². The Bertz CT molecular complexity index is 329. The molecule has 0 aliphatic heterocycles. The number of imidazole rings is 1. The van der Waals surface area contributed by atoms with Gasteiger partial charge in [-0.05, 0) is 19.8 Å². The van der Waals surface area contributed by atoms with E-state index in [4.69, 9.17) is 4.74 Å². The fraction of sp³-hybridized carbons (Fsp3) is 0.750. The molecule has 4 heteroatoms. The van der Waals surface area contributed by atoms with Crippen LogP contribution in [0.2, 0.25) is 0 Å². The van der Waals surface area contributed by atoms with Crippen molar-refractivity contribution in [1.82, 2.24) is 9.55 Å². The van der Waals surface area contributed by atoms with E-state index in [2.05, 4.69) is 21.1 Å². The van der Waals surface area contributed by atoms with Crippen molar-refractivity contribution in [3.05, 3.63) is 11.9 Å². The number of ether oxygens (including phenoxy) is 1. The molecule has 0 atom stereocenters. The summed E-state index contributed by atoms with van der Waals surface area (Å²) in [7, 11) is 1.72. The summed E-state index contributed by atoms with van der Waals surface area (Å²) in [4.78, 5) is 4.52. The van der Waals surface area contributed by atoms with Crippen LogP contribution in [-0.2, 0) is 4.74 Å². The third-order valence-electron chi connectivity index (χ3n) is 3.16. The van der Waals surface area contributed by atoms with Crippen molar-refractivity contribution < 1.29 is 4.74 Å². The van der Waals surface area contributed by atoms with Crippen LogP contribution in [0.1, 0.15) is 37.4 Å². The molecule has 1 saturated carbocycles. The molecular weight excluding hydrogens is 202 g/mol. The molecular formula is C12H21N3O. The average Bonchev–Trinajstić information content (AvgIpc) is 2.87. The summed E-state index contributed by atoms with van der Waals surface area (Å²) in [6.45, 7) is 3.59. The third kappa shape index (κ3) is 2.55. The standard InChI is InChI=1S/C12H21N3O/c1-10-9-15(11-5-3-4-6-11)12(14-10)13-7-8-16-2/h9,11H,3-8H2,1-2H3,(H,13,14). The van der Waals surface area contributed by atoms with E-state index in [9.17, 15) is 0 Å². The molecule has 1 aliphatic carbocycles. The third-order valence-corrected chi connectivity index (χ3v) is 3.16. The first-order chi connectivity index (χ1) is 7.81. The summed E-state index contributed by atoms with van der Waals surface area (Å²) in [6.07, 6.45) is 7.42. The van der Waals surface area contributed by atoms with Crippen LogP contribution in [0.4, 0.5) is 5.95 Å². The highest BCUT2D eigenvalue weighted by Gasteiger charge is 2.19. The Labute approximate surface area is 97.0 Å². The fourth-order valence-electron chi connectivity index (χ4n) is 2.37. The van der Waals surface area contributed by atoms with Gasteiger partial charge in [0.2, 0.25) is 5.95 Å². The predicted molar refractivity (Wildman–Crippen MR) is 64.8 cm³/mol. The molecule has 0 radical (unpaired) electrons. The minimum Gasteiger partial charge on any atom is -0.383 e. The second kappa shape index (κ2) is 5.34. The maximum Gasteiger partial charge on any atom is 0.203 e. The van der Waals surface area contributed by atoms with Gasteiger partial charge in [-0.15, -0.1) is 0 Å². The van der Waals surface area contributed by atoms with Crippen molar-refractivity contribution in [3.8, 4) is 0 Å². The Morgan fingerprint density at radius 1 is 1.50 bits per heavy atom. The van der Waals surface area contributed by atoms with E-state index in [-0.39, 0.29) is 0 Å². The van der Waals surface area contributed by atoms with Crippen molar-refractivity contribution in [2.24, 2.45) is 0 Å². The quantitative estimate of drug-likeness (QED) is 0.779. The van der Waals surface area contributed by atoms with Gasteiger partial charge in [-0.1, -0.05) is 12.8 Å². The second-order valence-electron chi connectivity index (χ2n) is 4.47. The number of nitrogens with one attached hydrogen (secondary N) is 1. The van der Waals surface area contributed by atoms with Crippen LogP contribution in [0.5, 0.6) is 0 Å². The normalized spacial score (nSPS) is 16.9. The summed E-state index contributed by atoms with van der Waals surface area (Å²) < 4.78 is 7.34. The van der Waals surface area contributed by atoms with Gasteiger partial charge in [0.1, 0.15) is 0 Å². The fourth-order valence-corrected chi connectivity index (χ4v) is 2.37. The highest BCUT2D eigenvalue weighted by Crippen LogP contribution is 2.31. The molecule has 0 bridgehead atoms. The molecule has 1 aliphatic rings. The molecule has 0 spiro atoms. The van der Waals surface area contributed by atoms with Gasteiger partial charge < -0.3 is 14.6 Å². The molecule has 0 unspecified atom stereocenters. The van der Waals surface area contributed by atoms with E-state index in [1.54, 1.807) is 7.11 Å². The van der Waals surface area contributed by atoms with Crippen molar-refractivity contribution in [3.63, 3.8) is 0 Å². The summed E-state index contributed by atoms with van der Waals surface area (Å²) in [5, 5.41) is 3.34. The number of hydrogen-bond donors (Lipinski definition) is 1. The lowest BCUT2D eigenvalue weighted by molar-refractivity contribution is 0.210. The molecule has 0 saturated heterocycles. The zero-order chi connectivity index (χ0) is 11.4. The van der Waals surface area contributed by atoms with E-state index in [0.29, 0.717) is 6.04 Å². The van der Waals surface area contributed by atoms with Gasteiger partial charge in [0, 0.05) is 25.9 Å². The SMILES string of the molecule is COCCNc1nc(C)cn1C1CCCC1. The van der Waals surface area contributed by atoms with E-state index in [0.717, 1.165) is 24.8 Å². The van der Waals surface area contributed by atoms with Gasteiger partial charge in [0.05, 0.1) is 12.3 Å². The Morgan fingerprint density at radius 2 is 2.25 bits per heavy atom. The van der Waals surface area contributed by atoms with Crippen LogP contribution in [-0.4, -0.2) is 29.8 Å². The smallest absolute Gasteiger partial charge is 0.203 e. The van der Waals surface area contributed by atoms with Crippen molar-refractivity contribution >= 4 is 5.95 Å². The van der Waals surface area contributed by atoms with Gasteiger partial charge >= 0.3 is 0 Å². The largest absolute Gasteiger partial charge is 0.383 e.